The predicted octanol–water partition coefficient (Wildman–Crippen LogP) is 4.37. The molecule has 0 aliphatic heterocycles. The first-order chi connectivity index (χ1) is 6.29. The molecule has 0 aromatic carbocycles. The van der Waals surface area contributed by atoms with Gasteiger partial charge in [0.1, 0.15) is 5.76 Å². The van der Waals surface area contributed by atoms with Crippen LogP contribution in [0.25, 0.3) is 0 Å². The molecule has 80 valence electrons. The van der Waals surface area contributed by atoms with Gasteiger partial charge in [-0.2, -0.15) is 0 Å². The summed E-state index contributed by atoms with van der Waals surface area (Å²) in [5.74, 6) is 1.61. The molecule has 0 aliphatic rings. The largest absolute Gasteiger partial charge is 0.446 e. The van der Waals surface area contributed by atoms with Crippen molar-refractivity contribution in [2.75, 3.05) is 0 Å². The lowest BCUT2D eigenvalue weighted by Crippen LogP contribution is -1.59. The topological polar surface area (TPSA) is 26.0 Å². The van der Waals surface area contributed by atoms with E-state index in [1.807, 2.05) is 55.4 Å². The number of nitrogens with zero attached hydrogens (tertiary/aromatic N) is 1. The van der Waals surface area contributed by atoms with E-state index in [0.29, 0.717) is 0 Å². The highest BCUT2D eigenvalue weighted by Crippen LogP contribution is 1.96. The highest BCUT2D eigenvalue weighted by molar-refractivity contribution is 4.87. The van der Waals surface area contributed by atoms with Crippen LogP contribution in [-0.2, 0) is 0 Å². The number of aryl methyl sites for hydroxylation is 2. The van der Waals surface area contributed by atoms with Gasteiger partial charge in [0.2, 0.25) is 0 Å². The normalized spacial score (nSPS) is 6.46. The van der Waals surface area contributed by atoms with E-state index in [2.05, 4.69) is 4.98 Å². The van der Waals surface area contributed by atoms with Crippen molar-refractivity contribution in [2.45, 2.75) is 55.4 Å². The van der Waals surface area contributed by atoms with E-state index in [4.69, 9.17) is 4.42 Å². The van der Waals surface area contributed by atoms with E-state index in [1.54, 1.807) is 6.20 Å². The van der Waals surface area contributed by atoms with E-state index in [1.165, 1.54) is 0 Å². The number of hydrogen-bond donors (Lipinski definition) is 0. The summed E-state index contributed by atoms with van der Waals surface area (Å²) in [7, 11) is 0. The predicted molar refractivity (Wildman–Crippen MR) is 60.0 cm³/mol. The molecule has 1 heterocycles. The molecular formula is C11H25NO. The Balaban J connectivity index is -0.000000144. The summed E-state index contributed by atoms with van der Waals surface area (Å²) >= 11 is 0. The maximum absolute atomic E-state index is 4.97. The van der Waals surface area contributed by atoms with E-state index >= 15 is 0 Å². The number of hydrogen-bond acceptors (Lipinski definition) is 2. The average Bonchev–Trinajstić information content (AvgIpc) is 2.60. The molecule has 13 heavy (non-hydrogen) atoms. The van der Waals surface area contributed by atoms with Crippen molar-refractivity contribution >= 4 is 0 Å². The summed E-state index contributed by atoms with van der Waals surface area (Å²) < 4.78 is 4.97. The lowest BCUT2D eigenvalue weighted by Gasteiger charge is -1.73. The average molecular weight is 187 g/mol. The fourth-order valence-electron chi connectivity index (χ4n) is 0.467. The van der Waals surface area contributed by atoms with Crippen LogP contribution in [0.4, 0.5) is 0 Å². The SMILES string of the molecule is CC.CC.CC.Cc1cnc(C)o1. The van der Waals surface area contributed by atoms with Crippen molar-refractivity contribution in [1.82, 2.24) is 4.98 Å². The van der Waals surface area contributed by atoms with E-state index in [0.717, 1.165) is 11.7 Å². The van der Waals surface area contributed by atoms with Gasteiger partial charge in [0, 0.05) is 6.92 Å². The van der Waals surface area contributed by atoms with Crippen LogP contribution in [0.5, 0.6) is 0 Å². The number of aromatic nitrogens is 1. The van der Waals surface area contributed by atoms with Crippen molar-refractivity contribution in [2.24, 2.45) is 0 Å². The Labute approximate surface area is 83.4 Å². The van der Waals surface area contributed by atoms with Crippen LogP contribution >= 0.6 is 0 Å². The number of rotatable bonds is 0. The zero-order valence-corrected chi connectivity index (χ0v) is 10.4. The van der Waals surface area contributed by atoms with Gasteiger partial charge < -0.3 is 4.42 Å². The molecule has 0 spiro atoms. The molecule has 2 heteroatoms. The summed E-state index contributed by atoms with van der Waals surface area (Å²) in [4.78, 5) is 3.85. The Hall–Kier alpha value is -0.790. The lowest BCUT2D eigenvalue weighted by molar-refractivity contribution is 0.494. The van der Waals surface area contributed by atoms with Gasteiger partial charge in [0.25, 0.3) is 0 Å². The second-order valence-electron chi connectivity index (χ2n) is 1.49. The third kappa shape index (κ3) is 14.1. The first-order valence-electron chi connectivity index (χ1n) is 5.18. The van der Waals surface area contributed by atoms with Gasteiger partial charge >= 0.3 is 0 Å². The molecule has 1 aromatic rings. The minimum Gasteiger partial charge on any atom is -0.446 e. The zero-order valence-electron chi connectivity index (χ0n) is 10.4. The third-order valence-electron chi connectivity index (χ3n) is 0.737. The molecule has 0 aliphatic carbocycles. The number of oxazole rings is 1. The molecule has 0 unspecified atom stereocenters. The molecule has 0 saturated heterocycles. The van der Waals surface area contributed by atoms with Gasteiger partial charge in [-0.3, -0.25) is 0 Å². The fraction of sp³-hybridized carbons (Fsp3) is 0.727. The van der Waals surface area contributed by atoms with Crippen LogP contribution in [-0.4, -0.2) is 4.98 Å². The molecule has 1 aromatic heterocycles. The molecule has 0 N–H and O–H groups in total. The second kappa shape index (κ2) is 17.3. The van der Waals surface area contributed by atoms with Crippen LogP contribution in [0, 0.1) is 13.8 Å². The summed E-state index contributed by atoms with van der Waals surface area (Å²) in [5.41, 5.74) is 0. The minimum absolute atomic E-state index is 0.734. The van der Waals surface area contributed by atoms with Crippen molar-refractivity contribution < 1.29 is 4.42 Å². The quantitative estimate of drug-likeness (QED) is 0.602. The lowest BCUT2D eigenvalue weighted by atomic mass is 10.6. The summed E-state index contributed by atoms with van der Waals surface area (Å²) in [6.07, 6.45) is 1.70. The molecule has 2 nitrogen and oxygen atoms in total. The Morgan fingerprint density at radius 1 is 0.923 bits per heavy atom. The Morgan fingerprint density at radius 3 is 1.38 bits per heavy atom. The molecule has 0 saturated carbocycles. The van der Waals surface area contributed by atoms with Crippen molar-refractivity contribution in [3.63, 3.8) is 0 Å². The fourth-order valence-corrected chi connectivity index (χ4v) is 0.467. The molecule has 0 bridgehead atoms. The van der Waals surface area contributed by atoms with Crippen molar-refractivity contribution in [3.8, 4) is 0 Å². The monoisotopic (exact) mass is 187 g/mol. The van der Waals surface area contributed by atoms with Gasteiger partial charge in [-0.05, 0) is 6.92 Å². The minimum atomic E-state index is 0.734. The highest BCUT2D eigenvalue weighted by atomic mass is 16.3. The first kappa shape index (κ1) is 18.1. The van der Waals surface area contributed by atoms with Crippen molar-refractivity contribution in [1.29, 1.82) is 0 Å². The van der Waals surface area contributed by atoms with Gasteiger partial charge in [0.15, 0.2) is 5.89 Å². The molecular weight excluding hydrogens is 162 g/mol. The standard InChI is InChI=1S/C5H7NO.3C2H6/c1-4-3-6-5(2)7-4;3*1-2/h3H,1-2H3;3*1-2H3. The Kier molecular flexibility index (Phi) is 24.1. The van der Waals surface area contributed by atoms with Crippen LogP contribution in [0.1, 0.15) is 53.2 Å². The van der Waals surface area contributed by atoms with Gasteiger partial charge in [-0.15, -0.1) is 0 Å². The summed E-state index contributed by atoms with van der Waals surface area (Å²) in [6.45, 7) is 15.7. The Morgan fingerprint density at radius 2 is 1.31 bits per heavy atom. The van der Waals surface area contributed by atoms with Gasteiger partial charge in [-0.1, -0.05) is 41.5 Å². The maximum atomic E-state index is 4.97. The van der Waals surface area contributed by atoms with Crippen molar-refractivity contribution in [3.05, 3.63) is 17.8 Å². The van der Waals surface area contributed by atoms with E-state index < -0.39 is 0 Å². The van der Waals surface area contributed by atoms with Gasteiger partial charge in [0.05, 0.1) is 6.20 Å². The maximum Gasteiger partial charge on any atom is 0.191 e. The van der Waals surface area contributed by atoms with E-state index in [9.17, 15) is 0 Å². The van der Waals surface area contributed by atoms with Crippen LogP contribution < -0.4 is 0 Å². The van der Waals surface area contributed by atoms with E-state index in [-0.39, 0.29) is 0 Å². The van der Waals surface area contributed by atoms with Crippen LogP contribution in [0.15, 0.2) is 10.6 Å². The van der Waals surface area contributed by atoms with Crippen LogP contribution in [0.2, 0.25) is 0 Å². The molecule has 0 atom stereocenters. The first-order valence-corrected chi connectivity index (χ1v) is 5.18. The smallest absolute Gasteiger partial charge is 0.191 e. The second-order valence-corrected chi connectivity index (χ2v) is 1.49. The molecule has 1 rings (SSSR count). The Bertz CT molecular complexity index is 142. The third-order valence-corrected chi connectivity index (χ3v) is 0.737. The van der Waals surface area contributed by atoms with Crippen LogP contribution in [0.3, 0.4) is 0 Å². The highest BCUT2D eigenvalue weighted by Gasteiger charge is 1.87. The summed E-state index contributed by atoms with van der Waals surface area (Å²) in [6, 6.07) is 0. The summed E-state index contributed by atoms with van der Waals surface area (Å²) in [5, 5.41) is 0. The molecule has 0 fully saturated rings. The zero-order chi connectivity index (χ0) is 11.3. The van der Waals surface area contributed by atoms with Gasteiger partial charge in [-0.25, -0.2) is 4.98 Å². The molecule has 0 amide bonds. The molecule has 0 radical (unpaired) electrons.